The van der Waals surface area contributed by atoms with Gasteiger partial charge in [0.1, 0.15) is 0 Å². The summed E-state index contributed by atoms with van der Waals surface area (Å²) in [4.78, 5) is 26.8. The maximum absolute atomic E-state index is 12.8. The number of hydrogen-bond donors (Lipinski definition) is 0. The molecule has 21 heavy (non-hydrogen) atoms. The third kappa shape index (κ3) is 1.59. The van der Waals surface area contributed by atoms with Crippen molar-refractivity contribution in [2.24, 2.45) is 11.8 Å². The number of aryl methyl sites for hydroxylation is 1. The molecule has 4 atom stereocenters. The number of fused-ring (bicyclic) bond motifs is 5. The average Bonchev–Trinajstić information content (AvgIpc) is 3.03. The van der Waals surface area contributed by atoms with Gasteiger partial charge >= 0.3 is 0 Å². The molecule has 0 spiro atoms. The summed E-state index contributed by atoms with van der Waals surface area (Å²) in [6.45, 7) is 3.85. The first-order valence-electron chi connectivity index (χ1n) is 6.93. The maximum atomic E-state index is 12.8. The summed E-state index contributed by atoms with van der Waals surface area (Å²) in [5.74, 6) is -1.10. The van der Waals surface area contributed by atoms with Crippen molar-refractivity contribution in [2.75, 3.05) is 4.90 Å². The number of carbonyl (C=O) groups is 2. The molecule has 3 aliphatic heterocycles. The van der Waals surface area contributed by atoms with Crippen LogP contribution in [0.2, 0.25) is 0 Å². The van der Waals surface area contributed by atoms with E-state index in [2.05, 4.69) is 15.9 Å². The van der Waals surface area contributed by atoms with Gasteiger partial charge in [-0.05, 0) is 31.5 Å². The van der Waals surface area contributed by atoms with Gasteiger partial charge in [0.05, 0.1) is 29.2 Å². The molecular formula is C16H14BrNO3. The number of anilines is 1. The number of amides is 2. The van der Waals surface area contributed by atoms with E-state index in [0.29, 0.717) is 5.69 Å². The lowest BCUT2D eigenvalue weighted by atomic mass is 9.78. The Morgan fingerprint density at radius 3 is 2.71 bits per heavy atom. The number of benzene rings is 1. The van der Waals surface area contributed by atoms with Crippen LogP contribution in [0.1, 0.15) is 12.5 Å². The van der Waals surface area contributed by atoms with Crippen molar-refractivity contribution in [3.8, 4) is 0 Å². The largest absolute Gasteiger partial charge is 0.362 e. The fourth-order valence-corrected chi connectivity index (χ4v) is 3.99. The van der Waals surface area contributed by atoms with E-state index in [0.717, 1.165) is 10.0 Å². The second-order valence-electron chi connectivity index (χ2n) is 6.07. The van der Waals surface area contributed by atoms with Crippen molar-refractivity contribution in [1.82, 2.24) is 0 Å². The Balaban J connectivity index is 1.78. The summed E-state index contributed by atoms with van der Waals surface area (Å²) in [6, 6.07) is 5.54. The summed E-state index contributed by atoms with van der Waals surface area (Å²) in [5.41, 5.74) is 1.05. The Bertz CT molecular complexity index is 713. The summed E-state index contributed by atoms with van der Waals surface area (Å²) in [7, 11) is 0. The molecule has 0 aromatic heterocycles. The van der Waals surface area contributed by atoms with Crippen LogP contribution in [0.15, 0.2) is 34.8 Å². The molecule has 2 saturated heterocycles. The Morgan fingerprint density at radius 1 is 1.29 bits per heavy atom. The minimum absolute atomic E-state index is 0.154. The van der Waals surface area contributed by atoms with Crippen LogP contribution < -0.4 is 4.90 Å². The number of ether oxygens (including phenoxy) is 1. The monoisotopic (exact) mass is 347 g/mol. The average molecular weight is 348 g/mol. The van der Waals surface area contributed by atoms with Crippen LogP contribution in [0.4, 0.5) is 5.69 Å². The molecule has 0 radical (unpaired) electrons. The quantitative estimate of drug-likeness (QED) is 0.579. The Kier molecular flexibility index (Phi) is 2.55. The molecule has 0 aliphatic carbocycles. The van der Waals surface area contributed by atoms with E-state index in [1.54, 1.807) is 0 Å². The minimum Gasteiger partial charge on any atom is -0.362 e. The zero-order valence-corrected chi connectivity index (χ0v) is 13.3. The van der Waals surface area contributed by atoms with Gasteiger partial charge in [-0.1, -0.05) is 34.1 Å². The number of halogens is 1. The zero-order chi connectivity index (χ0) is 14.9. The molecular weight excluding hydrogens is 334 g/mol. The summed E-state index contributed by atoms with van der Waals surface area (Å²) in [6.07, 6.45) is 3.55. The van der Waals surface area contributed by atoms with Crippen molar-refractivity contribution >= 4 is 33.4 Å². The first-order valence-corrected chi connectivity index (χ1v) is 7.73. The van der Waals surface area contributed by atoms with Gasteiger partial charge in [-0.2, -0.15) is 0 Å². The van der Waals surface area contributed by atoms with Crippen molar-refractivity contribution in [3.63, 3.8) is 0 Å². The van der Waals surface area contributed by atoms with E-state index in [4.69, 9.17) is 4.74 Å². The molecule has 4 rings (SSSR count). The SMILES string of the molecule is Cc1ccc(N2C(=O)[C@@H]3[C@@H]4C=C[C@@](C)(O4)[C@@H]3C2=O)cc1Br. The normalized spacial score (nSPS) is 36.7. The van der Waals surface area contributed by atoms with Crippen LogP contribution in [0, 0.1) is 18.8 Å². The molecule has 3 heterocycles. The molecule has 2 bridgehead atoms. The van der Waals surface area contributed by atoms with E-state index < -0.39 is 11.5 Å². The van der Waals surface area contributed by atoms with Crippen LogP contribution >= 0.6 is 15.9 Å². The summed E-state index contributed by atoms with van der Waals surface area (Å²) < 4.78 is 6.70. The molecule has 0 N–H and O–H groups in total. The van der Waals surface area contributed by atoms with Gasteiger partial charge in [0.2, 0.25) is 11.8 Å². The molecule has 3 aliphatic rings. The molecule has 5 heteroatoms. The van der Waals surface area contributed by atoms with E-state index in [-0.39, 0.29) is 23.8 Å². The summed E-state index contributed by atoms with van der Waals surface area (Å²) in [5, 5.41) is 0. The fraction of sp³-hybridized carbons (Fsp3) is 0.375. The second-order valence-corrected chi connectivity index (χ2v) is 6.93. The van der Waals surface area contributed by atoms with Crippen LogP contribution in [0.3, 0.4) is 0 Å². The molecule has 108 valence electrons. The van der Waals surface area contributed by atoms with Crippen LogP contribution in [-0.2, 0) is 14.3 Å². The van der Waals surface area contributed by atoms with Crippen molar-refractivity contribution < 1.29 is 14.3 Å². The smallest absolute Gasteiger partial charge is 0.241 e. The van der Waals surface area contributed by atoms with Crippen molar-refractivity contribution in [2.45, 2.75) is 25.6 Å². The van der Waals surface area contributed by atoms with Gasteiger partial charge in [-0.25, -0.2) is 4.90 Å². The van der Waals surface area contributed by atoms with E-state index >= 15 is 0 Å². The molecule has 0 saturated carbocycles. The van der Waals surface area contributed by atoms with Gasteiger partial charge < -0.3 is 4.74 Å². The summed E-state index contributed by atoms with van der Waals surface area (Å²) >= 11 is 3.45. The third-order valence-corrected chi connectivity index (χ3v) is 5.60. The number of carbonyl (C=O) groups excluding carboxylic acids is 2. The van der Waals surface area contributed by atoms with Crippen LogP contribution in [0.5, 0.6) is 0 Å². The van der Waals surface area contributed by atoms with E-state index in [1.165, 1.54) is 4.90 Å². The zero-order valence-electron chi connectivity index (χ0n) is 11.7. The predicted molar refractivity (Wildman–Crippen MR) is 80.8 cm³/mol. The lowest BCUT2D eigenvalue weighted by Gasteiger charge is -2.24. The molecule has 1 aromatic rings. The Labute approximate surface area is 130 Å². The first kappa shape index (κ1) is 13.2. The van der Waals surface area contributed by atoms with Gasteiger partial charge in [0.25, 0.3) is 0 Å². The molecule has 1 aromatic carbocycles. The molecule has 0 unspecified atom stereocenters. The van der Waals surface area contributed by atoms with Gasteiger partial charge in [-0.15, -0.1) is 0 Å². The van der Waals surface area contributed by atoms with Crippen LogP contribution in [0.25, 0.3) is 0 Å². The number of hydrogen-bond acceptors (Lipinski definition) is 3. The topological polar surface area (TPSA) is 46.6 Å². The van der Waals surface area contributed by atoms with E-state index in [9.17, 15) is 9.59 Å². The van der Waals surface area contributed by atoms with Crippen molar-refractivity contribution in [3.05, 3.63) is 40.4 Å². The molecule has 2 amide bonds. The standard InChI is InChI=1S/C16H14BrNO3/c1-8-3-4-9(7-10(8)17)18-14(19)12-11-5-6-16(2,21-11)13(12)15(18)20/h3-7,11-13H,1-2H3/t11-,12+,13-,16+/m0/s1. The van der Waals surface area contributed by atoms with Crippen LogP contribution in [-0.4, -0.2) is 23.5 Å². The number of rotatable bonds is 1. The predicted octanol–water partition coefficient (Wildman–Crippen LogP) is 2.59. The lowest BCUT2D eigenvalue weighted by molar-refractivity contribution is -0.126. The maximum Gasteiger partial charge on any atom is 0.241 e. The van der Waals surface area contributed by atoms with Crippen molar-refractivity contribution in [1.29, 1.82) is 0 Å². The highest BCUT2D eigenvalue weighted by Gasteiger charge is 2.66. The Hall–Kier alpha value is -1.46. The highest BCUT2D eigenvalue weighted by molar-refractivity contribution is 9.10. The highest BCUT2D eigenvalue weighted by Crippen LogP contribution is 2.52. The first-order chi connectivity index (χ1) is 9.92. The molecule has 2 fully saturated rings. The lowest BCUT2D eigenvalue weighted by Crippen LogP contribution is -2.38. The Morgan fingerprint density at radius 2 is 2.05 bits per heavy atom. The third-order valence-electron chi connectivity index (χ3n) is 4.74. The van der Waals surface area contributed by atoms with Gasteiger partial charge in [0, 0.05) is 4.47 Å². The fourth-order valence-electron chi connectivity index (χ4n) is 3.63. The number of imide groups is 1. The second kappa shape index (κ2) is 4.05. The van der Waals surface area contributed by atoms with Gasteiger partial charge in [0.15, 0.2) is 0 Å². The molecule has 4 nitrogen and oxygen atoms in total. The minimum atomic E-state index is -0.640. The van der Waals surface area contributed by atoms with Gasteiger partial charge in [-0.3, -0.25) is 9.59 Å². The number of nitrogens with zero attached hydrogens (tertiary/aromatic N) is 1. The highest BCUT2D eigenvalue weighted by atomic mass is 79.9. The van der Waals surface area contributed by atoms with E-state index in [1.807, 2.05) is 44.2 Å².